The quantitative estimate of drug-likeness (QED) is 0.937. The van der Waals surface area contributed by atoms with Crippen molar-refractivity contribution in [3.05, 3.63) is 24.1 Å². The van der Waals surface area contributed by atoms with Crippen LogP contribution in [0.4, 0.5) is 5.69 Å². The van der Waals surface area contributed by atoms with E-state index in [4.69, 9.17) is 13.9 Å². The van der Waals surface area contributed by atoms with E-state index in [0.29, 0.717) is 13.2 Å². The van der Waals surface area contributed by atoms with E-state index in [1.54, 1.807) is 0 Å². The molecule has 0 amide bonds. The lowest BCUT2D eigenvalue weighted by molar-refractivity contribution is -0.247. The van der Waals surface area contributed by atoms with Crippen LogP contribution in [0.3, 0.4) is 0 Å². The van der Waals surface area contributed by atoms with Crippen LogP contribution in [-0.4, -0.2) is 30.0 Å². The first-order valence-corrected chi connectivity index (χ1v) is 7.38. The van der Waals surface area contributed by atoms with E-state index >= 15 is 0 Å². The number of hydrogen-bond acceptors (Lipinski definition) is 5. The van der Waals surface area contributed by atoms with E-state index in [-0.39, 0.29) is 12.0 Å². The van der Waals surface area contributed by atoms with Gasteiger partial charge >= 0.3 is 0 Å². The van der Waals surface area contributed by atoms with Gasteiger partial charge in [0.05, 0.1) is 19.3 Å². The van der Waals surface area contributed by atoms with Crippen LogP contribution in [0.25, 0.3) is 11.1 Å². The molecule has 3 rings (SSSR count). The minimum Gasteiger partial charge on any atom is -0.440 e. The third-order valence-corrected chi connectivity index (χ3v) is 3.53. The molecule has 0 saturated carbocycles. The zero-order valence-electron chi connectivity index (χ0n) is 13.0. The van der Waals surface area contributed by atoms with Crippen LogP contribution in [-0.2, 0) is 9.47 Å². The van der Waals surface area contributed by atoms with Crippen LogP contribution < -0.4 is 5.32 Å². The van der Waals surface area contributed by atoms with Crippen molar-refractivity contribution in [1.29, 1.82) is 0 Å². The largest absolute Gasteiger partial charge is 0.440 e. The van der Waals surface area contributed by atoms with Gasteiger partial charge < -0.3 is 19.2 Å². The lowest BCUT2D eigenvalue weighted by Gasteiger charge is -2.35. The first kappa shape index (κ1) is 14.4. The predicted molar refractivity (Wildman–Crippen MR) is 81.5 cm³/mol. The second-order valence-electron chi connectivity index (χ2n) is 6.25. The van der Waals surface area contributed by atoms with Gasteiger partial charge in [-0.05, 0) is 32.0 Å². The Labute approximate surface area is 124 Å². The molecule has 1 aliphatic heterocycles. The highest BCUT2D eigenvalue weighted by Crippen LogP contribution is 2.25. The molecule has 1 N–H and O–H groups in total. The number of nitrogens with one attached hydrogen (secondary N) is 1. The summed E-state index contributed by atoms with van der Waals surface area (Å²) in [5, 5.41) is 3.42. The van der Waals surface area contributed by atoms with Gasteiger partial charge in [0.2, 0.25) is 0 Å². The van der Waals surface area contributed by atoms with Crippen molar-refractivity contribution < 1.29 is 13.9 Å². The molecule has 0 spiro atoms. The Morgan fingerprint density at radius 1 is 1.24 bits per heavy atom. The second kappa shape index (κ2) is 5.31. The van der Waals surface area contributed by atoms with Crippen molar-refractivity contribution in [2.45, 2.75) is 45.4 Å². The Morgan fingerprint density at radius 2 is 1.95 bits per heavy atom. The Balaban J connectivity index is 1.73. The number of oxazole rings is 1. The molecular formula is C16H22N2O3. The molecule has 1 saturated heterocycles. The fraction of sp³-hybridized carbons (Fsp3) is 0.562. The number of aromatic nitrogens is 1. The van der Waals surface area contributed by atoms with Crippen molar-refractivity contribution in [2.24, 2.45) is 0 Å². The summed E-state index contributed by atoms with van der Waals surface area (Å²) in [7, 11) is 0. The minimum absolute atomic E-state index is 0.145. The summed E-state index contributed by atoms with van der Waals surface area (Å²) in [6, 6.07) is 6.10. The number of fused-ring (bicyclic) bond motifs is 1. The van der Waals surface area contributed by atoms with Gasteiger partial charge in [-0.25, -0.2) is 4.98 Å². The zero-order valence-corrected chi connectivity index (χ0v) is 13.0. The summed E-state index contributed by atoms with van der Waals surface area (Å²) < 4.78 is 17.0. The Kier molecular flexibility index (Phi) is 3.63. The molecule has 5 heteroatoms. The predicted octanol–water partition coefficient (Wildman–Crippen LogP) is 3.51. The molecule has 0 unspecified atom stereocenters. The summed E-state index contributed by atoms with van der Waals surface area (Å²) in [5.74, 6) is 0.574. The molecule has 1 aromatic heterocycles. The maximum Gasteiger partial charge on any atom is 0.198 e. The highest BCUT2D eigenvalue weighted by molar-refractivity contribution is 5.77. The minimum atomic E-state index is -0.486. The molecule has 0 aliphatic carbocycles. The fourth-order valence-electron chi connectivity index (χ4n) is 2.29. The molecule has 5 nitrogen and oxygen atoms in total. The molecule has 0 bridgehead atoms. The van der Waals surface area contributed by atoms with Gasteiger partial charge in [-0.3, -0.25) is 0 Å². The lowest BCUT2D eigenvalue weighted by atomic mass is 10.2. The molecule has 21 heavy (non-hydrogen) atoms. The van der Waals surface area contributed by atoms with E-state index < -0.39 is 5.79 Å². The summed E-state index contributed by atoms with van der Waals surface area (Å²) in [6.45, 7) is 9.25. The van der Waals surface area contributed by atoms with Gasteiger partial charge in [-0.1, -0.05) is 13.8 Å². The molecular weight excluding hydrogens is 268 g/mol. The van der Waals surface area contributed by atoms with Gasteiger partial charge in [0, 0.05) is 11.6 Å². The molecule has 2 heterocycles. The van der Waals surface area contributed by atoms with Crippen LogP contribution in [0.1, 0.15) is 39.5 Å². The highest BCUT2D eigenvalue weighted by Gasteiger charge is 2.28. The maximum absolute atomic E-state index is 5.71. The first-order chi connectivity index (χ1) is 9.93. The van der Waals surface area contributed by atoms with Crippen LogP contribution >= 0.6 is 0 Å². The van der Waals surface area contributed by atoms with Gasteiger partial charge in [0.25, 0.3) is 0 Å². The Bertz CT molecular complexity index is 623. The third-order valence-electron chi connectivity index (χ3n) is 3.53. The van der Waals surface area contributed by atoms with E-state index in [0.717, 1.165) is 22.7 Å². The summed E-state index contributed by atoms with van der Waals surface area (Å²) in [4.78, 5) is 4.52. The standard InChI is InChI=1S/C16H22N2O3/c1-10(2)15-18-13-7-11(5-6-14(13)21-15)17-12-8-19-16(3,4)20-9-12/h5-7,10,12,17H,8-9H2,1-4H3. The topological polar surface area (TPSA) is 56.5 Å². The smallest absolute Gasteiger partial charge is 0.198 e. The van der Waals surface area contributed by atoms with Gasteiger partial charge in [-0.2, -0.15) is 0 Å². The van der Waals surface area contributed by atoms with E-state index in [2.05, 4.69) is 24.1 Å². The molecule has 1 aliphatic rings. The van der Waals surface area contributed by atoms with Crippen molar-refractivity contribution >= 4 is 16.8 Å². The first-order valence-electron chi connectivity index (χ1n) is 7.38. The molecule has 1 aromatic carbocycles. The number of nitrogens with zero attached hydrogens (tertiary/aromatic N) is 1. The van der Waals surface area contributed by atoms with Gasteiger partial charge in [0.15, 0.2) is 17.3 Å². The number of ether oxygens (including phenoxy) is 2. The summed E-state index contributed by atoms with van der Waals surface area (Å²) in [6.07, 6.45) is 0. The molecule has 0 atom stereocenters. The van der Waals surface area contributed by atoms with Crippen molar-refractivity contribution in [3.63, 3.8) is 0 Å². The average molecular weight is 290 g/mol. The van der Waals surface area contributed by atoms with E-state index in [1.165, 1.54) is 0 Å². The van der Waals surface area contributed by atoms with Crippen molar-refractivity contribution in [1.82, 2.24) is 4.98 Å². The lowest BCUT2D eigenvalue weighted by Crippen LogP contribution is -2.45. The number of rotatable bonds is 3. The van der Waals surface area contributed by atoms with Gasteiger partial charge in [-0.15, -0.1) is 0 Å². The normalized spacial score (nSPS) is 19.3. The number of benzene rings is 1. The van der Waals surface area contributed by atoms with Crippen molar-refractivity contribution in [3.8, 4) is 0 Å². The fourth-order valence-corrected chi connectivity index (χ4v) is 2.29. The van der Waals surface area contributed by atoms with Crippen LogP contribution in [0, 0.1) is 0 Å². The Morgan fingerprint density at radius 3 is 2.62 bits per heavy atom. The summed E-state index contributed by atoms with van der Waals surface area (Å²) >= 11 is 0. The highest BCUT2D eigenvalue weighted by atomic mass is 16.7. The van der Waals surface area contributed by atoms with E-state index in [1.807, 2.05) is 32.0 Å². The zero-order chi connectivity index (χ0) is 15.0. The van der Waals surface area contributed by atoms with E-state index in [9.17, 15) is 0 Å². The van der Waals surface area contributed by atoms with Crippen molar-refractivity contribution in [2.75, 3.05) is 18.5 Å². The SMILES string of the molecule is CC(C)c1nc2cc(NC3COC(C)(C)OC3)ccc2o1. The average Bonchev–Trinajstić information content (AvgIpc) is 2.84. The monoisotopic (exact) mass is 290 g/mol. The van der Waals surface area contributed by atoms with Gasteiger partial charge in [0.1, 0.15) is 5.52 Å². The van der Waals surface area contributed by atoms with Crippen LogP contribution in [0.5, 0.6) is 0 Å². The third kappa shape index (κ3) is 3.19. The molecule has 2 aromatic rings. The molecule has 1 fully saturated rings. The van der Waals surface area contributed by atoms with Crippen LogP contribution in [0.2, 0.25) is 0 Å². The maximum atomic E-state index is 5.71. The Hall–Kier alpha value is -1.59. The second-order valence-corrected chi connectivity index (χ2v) is 6.25. The number of anilines is 1. The molecule has 0 radical (unpaired) electrons. The molecule has 114 valence electrons. The number of hydrogen-bond donors (Lipinski definition) is 1. The summed E-state index contributed by atoms with van der Waals surface area (Å²) in [5.41, 5.74) is 2.70. The van der Waals surface area contributed by atoms with Crippen LogP contribution in [0.15, 0.2) is 22.6 Å².